The maximum atomic E-state index is 13.1. The minimum atomic E-state index is -0.706. The minimum Gasteiger partial charge on any atom is -0.496 e. The second kappa shape index (κ2) is 17.9. The van der Waals surface area contributed by atoms with Gasteiger partial charge < -0.3 is 13.9 Å². The molecule has 4 rings (SSSR count). The number of hydrogen-bond donors (Lipinski definition) is 2. The summed E-state index contributed by atoms with van der Waals surface area (Å²) in [6, 6.07) is 12.9. The lowest BCUT2D eigenvalue weighted by atomic mass is 10.0. The van der Waals surface area contributed by atoms with Crippen LogP contribution >= 0.6 is 0 Å². The molecule has 10 heteroatoms. The maximum Gasteiger partial charge on any atom is 0.271 e. The van der Waals surface area contributed by atoms with Gasteiger partial charge in [0.05, 0.1) is 30.5 Å². The van der Waals surface area contributed by atoms with Gasteiger partial charge in [0.15, 0.2) is 0 Å². The molecule has 0 saturated heterocycles. The first-order chi connectivity index (χ1) is 22.9. The topological polar surface area (TPSA) is 119 Å². The van der Waals surface area contributed by atoms with E-state index in [0.29, 0.717) is 48.4 Å². The first kappa shape index (κ1) is 37.7. The molecule has 2 N–H and O–H groups in total. The molecule has 2 heterocycles. The van der Waals surface area contributed by atoms with Crippen LogP contribution in [0.4, 0.5) is 0 Å². The van der Waals surface area contributed by atoms with E-state index < -0.39 is 11.5 Å². The Bertz CT molecular complexity index is 1620. The molecule has 1 unspecified atom stereocenters. The van der Waals surface area contributed by atoms with Gasteiger partial charge in [-0.05, 0) is 83.0 Å². The normalized spacial score (nSPS) is 14.4. The number of aromatic nitrogens is 2. The zero-order valence-corrected chi connectivity index (χ0v) is 29.4. The Kier molecular flexibility index (Phi) is 14.1. The third kappa shape index (κ3) is 10.9. The minimum absolute atomic E-state index is 0.0194. The van der Waals surface area contributed by atoms with E-state index in [-0.39, 0.29) is 18.6 Å². The van der Waals surface area contributed by atoms with Crippen LogP contribution in [0.3, 0.4) is 0 Å². The molecule has 1 atom stereocenters. The van der Waals surface area contributed by atoms with Crippen molar-refractivity contribution in [1.82, 2.24) is 25.7 Å². The lowest BCUT2D eigenvalue weighted by Crippen LogP contribution is -2.46. The average molecular weight is 656 g/mol. The molecule has 2 amide bonds. The van der Waals surface area contributed by atoms with Gasteiger partial charge in [0, 0.05) is 31.0 Å². The van der Waals surface area contributed by atoms with Crippen molar-refractivity contribution >= 4 is 11.8 Å². The zero-order valence-electron chi connectivity index (χ0n) is 29.4. The van der Waals surface area contributed by atoms with E-state index in [0.717, 1.165) is 22.3 Å². The van der Waals surface area contributed by atoms with Crippen molar-refractivity contribution in [2.75, 3.05) is 19.7 Å². The number of aryl methyl sites for hydroxylation is 1. The van der Waals surface area contributed by atoms with Crippen molar-refractivity contribution in [3.05, 3.63) is 119 Å². The summed E-state index contributed by atoms with van der Waals surface area (Å²) in [5.41, 5.74) is 9.20. The van der Waals surface area contributed by atoms with Crippen LogP contribution in [-0.2, 0) is 20.8 Å². The molecule has 0 saturated carbocycles. The molecule has 1 aromatic carbocycles. The van der Waals surface area contributed by atoms with E-state index in [1.807, 2.05) is 90.6 Å². The largest absolute Gasteiger partial charge is 0.496 e. The Morgan fingerprint density at radius 3 is 2.42 bits per heavy atom. The van der Waals surface area contributed by atoms with Crippen LogP contribution in [0.1, 0.15) is 70.3 Å². The second-order valence-corrected chi connectivity index (χ2v) is 11.7. The number of oxazole rings is 1. The molecule has 0 radical (unpaired) electrons. The van der Waals surface area contributed by atoms with Crippen molar-refractivity contribution in [2.24, 2.45) is 0 Å². The second-order valence-electron chi connectivity index (χ2n) is 11.7. The van der Waals surface area contributed by atoms with Gasteiger partial charge in [-0.3, -0.25) is 30.3 Å². The van der Waals surface area contributed by atoms with E-state index in [4.69, 9.17) is 18.9 Å². The Labute approximate surface area is 284 Å². The third-order valence-corrected chi connectivity index (χ3v) is 7.40. The van der Waals surface area contributed by atoms with E-state index in [9.17, 15) is 9.59 Å². The van der Waals surface area contributed by atoms with Gasteiger partial charge in [0.25, 0.3) is 11.8 Å². The van der Waals surface area contributed by atoms with Crippen LogP contribution < -0.4 is 10.9 Å². The standard InChI is InChI=1S/C36H43N5O5.C2H6/c1-8-44-27(5)36(6,7)46-32-18-24(2)17-28(19-25(32)3)21-41(23-33(42)39-40-34(43)30-15-12-16-37-20-30)22-31-26(4)45-35(38-31)29-13-10-9-11-14-29;1-2/h9-20,32H,5,8,21-23H2,1-4,6-7H3,(H,39,42)(H,40,43);1-2H3. The number of nitrogens with one attached hydrogen (secondary N) is 2. The molecule has 0 spiro atoms. The Morgan fingerprint density at radius 1 is 1.02 bits per heavy atom. The highest BCUT2D eigenvalue weighted by molar-refractivity contribution is 5.95. The summed E-state index contributed by atoms with van der Waals surface area (Å²) in [7, 11) is 0. The molecule has 0 bridgehead atoms. The van der Waals surface area contributed by atoms with Gasteiger partial charge in [-0.15, -0.1) is 0 Å². The van der Waals surface area contributed by atoms with Gasteiger partial charge in [-0.25, -0.2) is 4.98 Å². The van der Waals surface area contributed by atoms with E-state index in [2.05, 4.69) is 40.6 Å². The molecule has 10 nitrogen and oxygen atoms in total. The number of pyridine rings is 1. The number of allylic oxidation sites excluding steroid dienone is 2. The molecule has 2 aromatic heterocycles. The van der Waals surface area contributed by atoms with Crippen molar-refractivity contribution in [1.29, 1.82) is 0 Å². The highest BCUT2D eigenvalue weighted by Gasteiger charge is 2.29. The lowest BCUT2D eigenvalue weighted by Gasteiger charge is -2.31. The van der Waals surface area contributed by atoms with E-state index in [1.54, 1.807) is 18.3 Å². The van der Waals surface area contributed by atoms with Crippen LogP contribution in [0.5, 0.6) is 0 Å². The fraction of sp³-hybridized carbons (Fsp3) is 0.368. The highest BCUT2D eigenvalue weighted by atomic mass is 16.6. The van der Waals surface area contributed by atoms with E-state index in [1.165, 1.54) is 6.20 Å². The molecule has 1 aliphatic carbocycles. The molecule has 1 aliphatic rings. The fourth-order valence-corrected chi connectivity index (χ4v) is 4.93. The highest BCUT2D eigenvalue weighted by Crippen LogP contribution is 2.29. The van der Waals surface area contributed by atoms with Crippen molar-refractivity contribution in [3.8, 4) is 11.5 Å². The predicted molar refractivity (Wildman–Crippen MR) is 188 cm³/mol. The molecular weight excluding hydrogens is 606 g/mol. The fourth-order valence-electron chi connectivity index (χ4n) is 4.93. The third-order valence-electron chi connectivity index (χ3n) is 7.40. The summed E-state index contributed by atoms with van der Waals surface area (Å²) in [6.45, 7) is 21.0. The summed E-state index contributed by atoms with van der Waals surface area (Å²) in [5.74, 6) is 0.899. The van der Waals surface area contributed by atoms with Gasteiger partial charge in [-0.2, -0.15) is 0 Å². The quantitative estimate of drug-likeness (QED) is 0.151. The van der Waals surface area contributed by atoms with Crippen molar-refractivity contribution in [3.63, 3.8) is 0 Å². The lowest BCUT2D eigenvalue weighted by molar-refractivity contribution is -0.123. The summed E-state index contributed by atoms with van der Waals surface area (Å²) < 4.78 is 18.1. The number of carbonyl (C=O) groups excluding carboxylic acids is 2. The maximum absolute atomic E-state index is 13.1. The summed E-state index contributed by atoms with van der Waals surface area (Å²) in [5, 5.41) is 0. The molecule has 3 aromatic rings. The van der Waals surface area contributed by atoms with E-state index >= 15 is 0 Å². The Morgan fingerprint density at radius 2 is 1.75 bits per heavy atom. The first-order valence-corrected chi connectivity index (χ1v) is 16.3. The van der Waals surface area contributed by atoms with Crippen molar-refractivity contribution in [2.45, 2.75) is 73.6 Å². The number of carbonyl (C=O) groups is 2. The molecular formula is C38H49N5O5. The number of ether oxygens (including phenoxy) is 2. The van der Waals surface area contributed by atoms with Crippen molar-refractivity contribution < 1.29 is 23.5 Å². The molecule has 0 aliphatic heterocycles. The number of benzene rings is 1. The van der Waals surface area contributed by atoms with Gasteiger partial charge in [-0.1, -0.05) is 56.4 Å². The number of rotatable bonds is 13. The molecule has 0 fully saturated rings. The van der Waals surface area contributed by atoms with Crippen LogP contribution in [0.15, 0.2) is 107 Å². The van der Waals surface area contributed by atoms with Gasteiger partial charge in [0.1, 0.15) is 17.1 Å². The van der Waals surface area contributed by atoms with Crippen LogP contribution in [0, 0.1) is 6.92 Å². The number of nitrogens with zero attached hydrogens (tertiary/aromatic N) is 3. The summed E-state index contributed by atoms with van der Waals surface area (Å²) in [4.78, 5) is 36.3. The number of hydrogen-bond acceptors (Lipinski definition) is 8. The van der Waals surface area contributed by atoms with Crippen LogP contribution in [0.2, 0.25) is 0 Å². The van der Waals surface area contributed by atoms with Gasteiger partial charge in [0.2, 0.25) is 5.89 Å². The molecule has 48 heavy (non-hydrogen) atoms. The van der Waals surface area contributed by atoms with Crippen LogP contribution in [-0.4, -0.2) is 58.1 Å². The van der Waals surface area contributed by atoms with Crippen LogP contribution in [0.25, 0.3) is 11.5 Å². The molecule has 256 valence electrons. The summed E-state index contributed by atoms with van der Waals surface area (Å²) >= 11 is 0. The monoisotopic (exact) mass is 655 g/mol. The summed E-state index contributed by atoms with van der Waals surface area (Å²) in [6.07, 6.45) is 8.93. The Hall–Kier alpha value is -4.80. The number of amides is 2. The zero-order chi connectivity index (χ0) is 35.3. The Balaban J connectivity index is 0.00000307. The first-order valence-electron chi connectivity index (χ1n) is 16.3. The smallest absolute Gasteiger partial charge is 0.271 e. The SMILES string of the molecule is C=C(OCC)C(C)(C)OC1C=C(C)C=C(CN(CC(=O)NNC(=O)c2cccnc2)Cc2nc(-c3ccccc3)oc2C)C=C1C.CC. The number of hydrazine groups is 1. The average Bonchev–Trinajstić information content (AvgIpc) is 3.38. The predicted octanol–water partition coefficient (Wildman–Crippen LogP) is 6.88. The van der Waals surface area contributed by atoms with Gasteiger partial charge >= 0.3 is 0 Å².